The zero-order valence-electron chi connectivity index (χ0n) is 12.2. The van der Waals surface area contributed by atoms with Crippen LogP contribution >= 0.6 is 0 Å². The molecule has 1 aromatic carbocycles. The second-order valence-electron chi connectivity index (χ2n) is 4.58. The third-order valence-electron chi connectivity index (χ3n) is 3.17. The molecule has 2 amide bonds. The van der Waals surface area contributed by atoms with Crippen molar-refractivity contribution in [2.45, 2.75) is 26.7 Å². The topological polar surface area (TPSA) is 75.4 Å². The average molecular weight is 277 g/mol. The molecular formula is C15H23N3O2. The zero-order valence-corrected chi connectivity index (χ0v) is 12.2. The Kier molecular flexibility index (Phi) is 6.56. The SMILES string of the molecule is CCN(CC)C(=O)CNC(=O)CCc1ccc(N)cc1. The standard InChI is InChI=1S/C15H23N3O2/c1-3-18(4-2)15(20)11-17-14(19)10-7-12-5-8-13(16)9-6-12/h5-6,8-9H,3-4,7,10-11,16H2,1-2H3,(H,17,19). The summed E-state index contributed by atoms with van der Waals surface area (Å²) in [4.78, 5) is 25.1. The molecule has 5 heteroatoms. The van der Waals surface area contributed by atoms with Gasteiger partial charge in [-0.15, -0.1) is 0 Å². The van der Waals surface area contributed by atoms with Crippen LogP contribution in [0.2, 0.25) is 0 Å². The summed E-state index contributed by atoms with van der Waals surface area (Å²) in [7, 11) is 0. The van der Waals surface area contributed by atoms with Crippen molar-refractivity contribution < 1.29 is 9.59 Å². The molecule has 0 atom stereocenters. The van der Waals surface area contributed by atoms with E-state index in [1.165, 1.54) is 0 Å². The highest BCUT2D eigenvalue weighted by atomic mass is 16.2. The molecule has 0 spiro atoms. The number of nitrogens with zero attached hydrogens (tertiary/aromatic N) is 1. The van der Waals surface area contributed by atoms with Crippen molar-refractivity contribution in [2.75, 3.05) is 25.4 Å². The molecule has 20 heavy (non-hydrogen) atoms. The van der Waals surface area contributed by atoms with E-state index in [1.54, 1.807) is 4.90 Å². The van der Waals surface area contributed by atoms with Crippen LogP contribution in [0.4, 0.5) is 5.69 Å². The predicted octanol–water partition coefficient (Wildman–Crippen LogP) is 1.19. The summed E-state index contributed by atoms with van der Waals surface area (Å²) in [6.07, 6.45) is 1.01. The molecule has 0 unspecified atom stereocenters. The van der Waals surface area contributed by atoms with Gasteiger partial charge in [0.1, 0.15) is 0 Å². The number of amides is 2. The molecule has 0 aromatic heterocycles. The van der Waals surface area contributed by atoms with E-state index >= 15 is 0 Å². The molecule has 0 bridgehead atoms. The Bertz CT molecular complexity index is 439. The Labute approximate surface area is 120 Å². The second kappa shape index (κ2) is 8.19. The highest BCUT2D eigenvalue weighted by Gasteiger charge is 2.10. The molecule has 0 radical (unpaired) electrons. The maximum absolute atomic E-state index is 11.7. The van der Waals surface area contributed by atoms with Crippen molar-refractivity contribution in [3.05, 3.63) is 29.8 Å². The van der Waals surface area contributed by atoms with E-state index in [2.05, 4.69) is 5.32 Å². The molecular weight excluding hydrogens is 254 g/mol. The number of hydrogen-bond acceptors (Lipinski definition) is 3. The first-order valence-corrected chi connectivity index (χ1v) is 6.95. The lowest BCUT2D eigenvalue weighted by Gasteiger charge is -2.18. The molecule has 3 N–H and O–H groups in total. The van der Waals surface area contributed by atoms with Crippen molar-refractivity contribution in [3.8, 4) is 0 Å². The summed E-state index contributed by atoms with van der Waals surface area (Å²) >= 11 is 0. The van der Waals surface area contributed by atoms with Crippen molar-refractivity contribution in [1.82, 2.24) is 10.2 Å². The number of benzene rings is 1. The molecule has 0 saturated carbocycles. The van der Waals surface area contributed by atoms with Crippen LogP contribution in [0.1, 0.15) is 25.8 Å². The summed E-state index contributed by atoms with van der Waals surface area (Å²) in [5.74, 6) is -0.154. The number of carbonyl (C=O) groups is 2. The van der Waals surface area contributed by atoms with Crippen molar-refractivity contribution in [1.29, 1.82) is 0 Å². The lowest BCUT2D eigenvalue weighted by Crippen LogP contribution is -2.40. The smallest absolute Gasteiger partial charge is 0.241 e. The first-order chi connectivity index (χ1) is 9.56. The highest BCUT2D eigenvalue weighted by Crippen LogP contribution is 2.07. The number of nitrogens with one attached hydrogen (secondary N) is 1. The van der Waals surface area contributed by atoms with Gasteiger partial charge in [0.05, 0.1) is 6.54 Å². The fraction of sp³-hybridized carbons (Fsp3) is 0.467. The third-order valence-corrected chi connectivity index (χ3v) is 3.17. The Hall–Kier alpha value is -2.04. The van der Waals surface area contributed by atoms with Crippen LogP contribution in [0, 0.1) is 0 Å². The lowest BCUT2D eigenvalue weighted by atomic mass is 10.1. The lowest BCUT2D eigenvalue weighted by molar-refractivity contribution is -0.132. The van der Waals surface area contributed by atoms with E-state index < -0.39 is 0 Å². The number of aryl methyl sites for hydroxylation is 1. The maximum atomic E-state index is 11.7. The predicted molar refractivity (Wildman–Crippen MR) is 80.1 cm³/mol. The van der Waals surface area contributed by atoms with Gasteiger partial charge >= 0.3 is 0 Å². The van der Waals surface area contributed by atoms with Crippen LogP contribution in [-0.2, 0) is 16.0 Å². The molecule has 0 aliphatic carbocycles. The summed E-state index contributed by atoms with van der Waals surface area (Å²) < 4.78 is 0. The molecule has 0 aliphatic heterocycles. The Morgan fingerprint density at radius 2 is 1.75 bits per heavy atom. The van der Waals surface area contributed by atoms with Crippen LogP contribution in [0.5, 0.6) is 0 Å². The highest BCUT2D eigenvalue weighted by molar-refractivity contribution is 5.84. The van der Waals surface area contributed by atoms with Crippen molar-refractivity contribution in [2.24, 2.45) is 0 Å². The fourth-order valence-electron chi connectivity index (χ4n) is 1.89. The normalized spacial score (nSPS) is 10.1. The molecule has 0 saturated heterocycles. The number of carbonyl (C=O) groups excluding carboxylic acids is 2. The van der Waals surface area contributed by atoms with Gasteiger partial charge in [-0.05, 0) is 38.0 Å². The van der Waals surface area contributed by atoms with E-state index in [9.17, 15) is 9.59 Å². The largest absolute Gasteiger partial charge is 0.399 e. The van der Waals surface area contributed by atoms with Crippen molar-refractivity contribution in [3.63, 3.8) is 0 Å². The van der Waals surface area contributed by atoms with E-state index in [4.69, 9.17) is 5.73 Å². The van der Waals surface area contributed by atoms with E-state index in [0.717, 1.165) is 5.56 Å². The van der Waals surface area contributed by atoms with Gasteiger partial charge in [-0.3, -0.25) is 9.59 Å². The molecule has 1 aromatic rings. The van der Waals surface area contributed by atoms with E-state index in [-0.39, 0.29) is 18.4 Å². The van der Waals surface area contributed by atoms with Gasteiger partial charge in [-0.1, -0.05) is 12.1 Å². The summed E-state index contributed by atoms with van der Waals surface area (Å²) in [6.45, 7) is 5.24. The average Bonchev–Trinajstić information content (AvgIpc) is 2.45. The van der Waals surface area contributed by atoms with E-state index in [1.807, 2.05) is 38.1 Å². The Balaban J connectivity index is 2.30. The number of nitrogen functional groups attached to an aromatic ring is 1. The first-order valence-electron chi connectivity index (χ1n) is 6.95. The van der Waals surface area contributed by atoms with Crippen LogP contribution in [0.25, 0.3) is 0 Å². The maximum Gasteiger partial charge on any atom is 0.241 e. The minimum Gasteiger partial charge on any atom is -0.399 e. The van der Waals surface area contributed by atoms with Crippen LogP contribution in [-0.4, -0.2) is 36.3 Å². The second-order valence-corrected chi connectivity index (χ2v) is 4.58. The Morgan fingerprint density at radius 1 is 1.15 bits per heavy atom. The van der Waals surface area contributed by atoms with Crippen LogP contribution < -0.4 is 11.1 Å². The van der Waals surface area contributed by atoms with Crippen LogP contribution in [0.15, 0.2) is 24.3 Å². The number of likely N-dealkylation sites (N-methyl/N-ethyl adjacent to an activating group) is 1. The van der Waals surface area contributed by atoms with Gasteiger partial charge in [-0.2, -0.15) is 0 Å². The van der Waals surface area contributed by atoms with Crippen molar-refractivity contribution >= 4 is 17.5 Å². The summed E-state index contributed by atoms with van der Waals surface area (Å²) in [6, 6.07) is 7.45. The molecule has 1 rings (SSSR count). The number of anilines is 1. The minimum absolute atomic E-state index is 0.0455. The molecule has 0 heterocycles. The van der Waals surface area contributed by atoms with Gasteiger partial charge in [0.25, 0.3) is 0 Å². The summed E-state index contributed by atoms with van der Waals surface area (Å²) in [5, 5.41) is 2.66. The van der Waals surface area contributed by atoms with Gasteiger partial charge in [0, 0.05) is 25.2 Å². The molecule has 0 aliphatic rings. The molecule has 5 nitrogen and oxygen atoms in total. The quantitative estimate of drug-likeness (QED) is 0.735. The monoisotopic (exact) mass is 277 g/mol. The minimum atomic E-state index is -0.109. The number of rotatable bonds is 7. The van der Waals surface area contributed by atoms with Gasteiger partial charge in [0.2, 0.25) is 11.8 Å². The molecule has 0 fully saturated rings. The van der Waals surface area contributed by atoms with Gasteiger partial charge in [-0.25, -0.2) is 0 Å². The summed E-state index contributed by atoms with van der Waals surface area (Å²) in [5.41, 5.74) is 7.37. The molecule has 110 valence electrons. The number of hydrogen-bond donors (Lipinski definition) is 2. The first kappa shape index (κ1) is 16.0. The van der Waals surface area contributed by atoms with Gasteiger partial charge in [0.15, 0.2) is 0 Å². The Morgan fingerprint density at radius 3 is 2.30 bits per heavy atom. The fourth-order valence-corrected chi connectivity index (χ4v) is 1.89. The number of nitrogens with two attached hydrogens (primary N) is 1. The third kappa shape index (κ3) is 5.30. The van der Waals surface area contributed by atoms with Crippen LogP contribution in [0.3, 0.4) is 0 Å². The van der Waals surface area contributed by atoms with Gasteiger partial charge < -0.3 is 16.0 Å². The zero-order chi connectivity index (χ0) is 15.0. The van der Waals surface area contributed by atoms with E-state index in [0.29, 0.717) is 31.6 Å².